The number of amides is 1. The minimum absolute atomic E-state index is 0.0512. The standard InChI is InChI=1S/C19H22Cl2N6O6S/c1-12-4-5-13(10-14(12)34(32,33)25-7-3-6-24(2)8-9-25)22-15(28)11-26-19(29)17(21)16(20)18(23-26)27(30)31/h4-5,10H,3,6-9,11H2,1-2H3,(H,22,28). The molecule has 1 amide bonds. The maximum atomic E-state index is 13.3. The second-order valence-electron chi connectivity index (χ2n) is 7.76. The molecular weight excluding hydrogens is 511 g/mol. The number of halogens is 2. The number of likely N-dealkylation sites (N-methyl/N-ethyl adjacent to an activating group) is 1. The zero-order valence-corrected chi connectivity index (χ0v) is 20.7. The summed E-state index contributed by atoms with van der Waals surface area (Å²) in [7, 11) is -1.88. The van der Waals surface area contributed by atoms with Crippen molar-refractivity contribution in [3.63, 3.8) is 0 Å². The lowest BCUT2D eigenvalue weighted by molar-refractivity contribution is -0.390. The van der Waals surface area contributed by atoms with Crippen LogP contribution >= 0.6 is 23.2 Å². The topological polar surface area (TPSA) is 148 Å². The molecule has 0 saturated carbocycles. The number of carbonyl (C=O) groups is 1. The van der Waals surface area contributed by atoms with E-state index in [0.717, 1.165) is 6.54 Å². The highest BCUT2D eigenvalue weighted by Gasteiger charge is 2.28. The Morgan fingerprint density at radius 3 is 2.59 bits per heavy atom. The van der Waals surface area contributed by atoms with Gasteiger partial charge in [0.1, 0.15) is 11.6 Å². The number of carbonyl (C=O) groups excluding carboxylic acids is 1. The Labute approximate surface area is 205 Å². The summed E-state index contributed by atoms with van der Waals surface area (Å²) in [5.74, 6) is -1.64. The van der Waals surface area contributed by atoms with Gasteiger partial charge in [-0.2, -0.15) is 4.31 Å². The average molecular weight is 533 g/mol. The third-order valence-electron chi connectivity index (χ3n) is 5.26. The van der Waals surface area contributed by atoms with Crippen LogP contribution in [0.5, 0.6) is 0 Å². The van der Waals surface area contributed by atoms with Crippen molar-refractivity contribution in [1.82, 2.24) is 19.0 Å². The predicted octanol–water partition coefficient (Wildman–Crippen LogP) is 1.73. The highest BCUT2D eigenvalue weighted by Crippen LogP contribution is 2.27. The van der Waals surface area contributed by atoms with E-state index in [1.54, 1.807) is 13.0 Å². The Balaban J connectivity index is 1.84. The first-order valence-corrected chi connectivity index (χ1v) is 12.3. The number of anilines is 1. The lowest BCUT2D eigenvalue weighted by Gasteiger charge is -2.21. The molecule has 15 heteroatoms. The number of rotatable bonds is 6. The van der Waals surface area contributed by atoms with E-state index in [4.69, 9.17) is 23.2 Å². The fraction of sp³-hybridized carbons (Fsp3) is 0.421. The normalized spacial score (nSPS) is 15.6. The van der Waals surface area contributed by atoms with Crippen molar-refractivity contribution in [2.45, 2.75) is 24.8 Å². The van der Waals surface area contributed by atoms with E-state index in [1.165, 1.54) is 16.4 Å². The van der Waals surface area contributed by atoms with Crippen LogP contribution in [0.1, 0.15) is 12.0 Å². The molecule has 1 aromatic heterocycles. The number of sulfonamides is 1. The van der Waals surface area contributed by atoms with Crippen molar-refractivity contribution < 1.29 is 18.1 Å². The molecule has 0 radical (unpaired) electrons. The molecule has 1 saturated heterocycles. The van der Waals surface area contributed by atoms with Crippen LogP contribution in [0, 0.1) is 17.0 Å². The molecule has 0 atom stereocenters. The molecular formula is C19H22Cl2N6O6S. The summed E-state index contributed by atoms with van der Waals surface area (Å²) >= 11 is 11.4. The summed E-state index contributed by atoms with van der Waals surface area (Å²) in [6, 6.07) is 4.40. The first-order chi connectivity index (χ1) is 15.9. The van der Waals surface area contributed by atoms with E-state index >= 15 is 0 Å². The molecule has 0 spiro atoms. The molecule has 12 nitrogen and oxygen atoms in total. The Morgan fingerprint density at radius 2 is 1.91 bits per heavy atom. The Bertz CT molecular complexity index is 1300. The van der Waals surface area contributed by atoms with Crippen LogP contribution in [-0.2, 0) is 21.4 Å². The summed E-state index contributed by atoms with van der Waals surface area (Å²) in [6.07, 6.45) is 0.697. The number of hydrogen-bond acceptors (Lipinski definition) is 8. The molecule has 0 aliphatic carbocycles. The van der Waals surface area contributed by atoms with Crippen molar-refractivity contribution >= 4 is 50.6 Å². The van der Waals surface area contributed by atoms with Crippen LogP contribution in [-0.4, -0.2) is 71.5 Å². The summed E-state index contributed by atoms with van der Waals surface area (Å²) in [6.45, 7) is 3.08. The van der Waals surface area contributed by atoms with Gasteiger partial charge in [0.15, 0.2) is 5.02 Å². The van der Waals surface area contributed by atoms with E-state index < -0.39 is 48.8 Å². The first kappa shape index (κ1) is 26.0. The molecule has 1 N–H and O–H groups in total. The molecule has 0 bridgehead atoms. The Morgan fingerprint density at radius 1 is 1.21 bits per heavy atom. The van der Waals surface area contributed by atoms with Gasteiger partial charge in [-0.15, -0.1) is 4.68 Å². The van der Waals surface area contributed by atoms with E-state index in [2.05, 4.69) is 15.3 Å². The van der Waals surface area contributed by atoms with Gasteiger partial charge in [-0.3, -0.25) is 9.59 Å². The zero-order chi connectivity index (χ0) is 25.2. The zero-order valence-electron chi connectivity index (χ0n) is 18.3. The van der Waals surface area contributed by atoms with Gasteiger partial charge in [-0.1, -0.05) is 29.3 Å². The van der Waals surface area contributed by atoms with Gasteiger partial charge in [-0.25, -0.2) is 8.42 Å². The van der Waals surface area contributed by atoms with Gasteiger partial charge in [0.05, 0.1) is 9.99 Å². The number of hydrogen-bond donors (Lipinski definition) is 1. The Hall–Kier alpha value is -2.58. The quantitative estimate of drug-likeness (QED) is 0.436. The number of aromatic nitrogens is 2. The van der Waals surface area contributed by atoms with E-state index in [1.807, 2.05) is 7.05 Å². The third kappa shape index (κ3) is 5.55. The van der Waals surface area contributed by atoms with E-state index in [9.17, 15) is 28.1 Å². The van der Waals surface area contributed by atoms with Gasteiger partial charge < -0.3 is 20.3 Å². The molecule has 2 aromatic rings. The van der Waals surface area contributed by atoms with Crippen LogP contribution in [0.4, 0.5) is 11.5 Å². The third-order valence-corrected chi connectivity index (χ3v) is 8.11. The van der Waals surface area contributed by atoms with Crippen molar-refractivity contribution in [3.8, 4) is 0 Å². The summed E-state index contributed by atoms with van der Waals surface area (Å²) in [5.41, 5.74) is -0.303. The summed E-state index contributed by atoms with van der Waals surface area (Å²) in [4.78, 5) is 37.0. The highest BCUT2D eigenvalue weighted by atomic mass is 35.5. The number of benzene rings is 1. The minimum Gasteiger partial charge on any atom is -0.358 e. The van der Waals surface area contributed by atoms with Crippen LogP contribution in [0.15, 0.2) is 27.9 Å². The van der Waals surface area contributed by atoms with Crippen LogP contribution < -0.4 is 10.9 Å². The maximum absolute atomic E-state index is 13.3. The molecule has 184 valence electrons. The largest absolute Gasteiger partial charge is 0.408 e. The number of nitrogens with one attached hydrogen (secondary N) is 1. The molecule has 1 fully saturated rings. The molecule has 3 rings (SSSR count). The van der Waals surface area contributed by atoms with Gasteiger partial charge >= 0.3 is 11.4 Å². The van der Waals surface area contributed by atoms with Crippen LogP contribution in [0.2, 0.25) is 10.0 Å². The second kappa shape index (κ2) is 10.4. The highest BCUT2D eigenvalue weighted by molar-refractivity contribution is 7.89. The fourth-order valence-electron chi connectivity index (χ4n) is 3.43. The maximum Gasteiger partial charge on any atom is 0.408 e. The van der Waals surface area contributed by atoms with E-state index in [0.29, 0.717) is 36.3 Å². The number of nitrogens with zero attached hydrogens (tertiary/aromatic N) is 5. The smallest absolute Gasteiger partial charge is 0.358 e. The molecule has 0 unspecified atom stereocenters. The van der Waals surface area contributed by atoms with Crippen molar-refractivity contribution in [1.29, 1.82) is 0 Å². The van der Waals surface area contributed by atoms with Gasteiger partial charge in [-0.05, 0) is 49.6 Å². The van der Waals surface area contributed by atoms with Crippen molar-refractivity contribution in [2.24, 2.45) is 0 Å². The number of nitro groups is 1. The molecule has 2 heterocycles. The summed E-state index contributed by atoms with van der Waals surface area (Å²) < 4.78 is 28.5. The molecule has 1 aliphatic heterocycles. The summed E-state index contributed by atoms with van der Waals surface area (Å²) in [5, 5.41) is 15.8. The predicted molar refractivity (Wildman–Crippen MR) is 126 cm³/mol. The van der Waals surface area contributed by atoms with Gasteiger partial charge in [0.25, 0.3) is 0 Å². The van der Waals surface area contributed by atoms with E-state index in [-0.39, 0.29) is 10.6 Å². The monoisotopic (exact) mass is 532 g/mol. The van der Waals surface area contributed by atoms with Crippen LogP contribution in [0.25, 0.3) is 0 Å². The Kier molecular flexibility index (Phi) is 7.93. The first-order valence-electron chi connectivity index (χ1n) is 10.1. The SMILES string of the molecule is Cc1ccc(NC(=O)Cn2nc([N+](=O)[O-])c(Cl)c(Cl)c2=O)cc1S(=O)(=O)N1CCCN(C)CC1. The number of aryl methyl sites for hydroxylation is 1. The molecule has 34 heavy (non-hydrogen) atoms. The lowest BCUT2D eigenvalue weighted by atomic mass is 10.2. The minimum atomic E-state index is -3.81. The van der Waals surface area contributed by atoms with Crippen molar-refractivity contribution in [2.75, 3.05) is 38.5 Å². The molecule has 1 aromatic carbocycles. The van der Waals surface area contributed by atoms with Gasteiger partial charge in [0.2, 0.25) is 15.9 Å². The second-order valence-corrected chi connectivity index (χ2v) is 10.4. The van der Waals surface area contributed by atoms with Crippen LogP contribution in [0.3, 0.4) is 0 Å². The lowest BCUT2D eigenvalue weighted by Crippen LogP contribution is -2.35. The fourth-order valence-corrected chi connectivity index (χ4v) is 5.52. The average Bonchev–Trinajstić information content (AvgIpc) is 3.00. The van der Waals surface area contributed by atoms with Gasteiger partial charge in [0, 0.05) is 25.3 Å². The molecule has 1 aliphatic rings. The van der Waals surface area contributed by atoms with Crippen molar-refractivity contribution in [3.05, 3.63) is 54.3 Å².